The van der Waals surface area contributed by atoms with E-state index >= 15 is 0 Å². The largest absolute Gasteiger partial charge is 0.289 e. The number of allylic oxidation sites excluding steroid dienone is 2. The molecule has 0 saturated heterocycles. The summed E-state index contributed by atoms with van der Waals surface area (Å²) in [6.45, 7) is 2.33. The van der Waals surface area contributed by atoms with Crippen LogP contribution < -0.4 is 0 Å². The zero-order valence-corrected chi connectivity index (χ0v) is 9.49. The Hall–Kier alpha value is -0.110. The summed E-state index contributed by atoms with van der Waals surface area (Å²) in [5.41, 5.74) is 3.36. The van der Waals surface area contributed by atoms with Crippen LogP contribution in [0, 0.1) is 5.92 Å². The van der Waals surface area contributed by atoms with Crippen molar-refractivity contribution in [3.05, 3.63) is 11.4 Å². The Morgan fingerprint density at radius 3 is 2.92 bits per heavy atom. The van der Waals surface area contributed by atoms with Crippen molar-refractivity contribution in [1.29, 1.82) is 0 Å². The van der Waals surface area contributed by atoms with Crippen molar-refractivity contribution >= 4 is 11.9 Å². The Balaban J connectivity index is 2.05. The first-order chi connectivity index (χ1) is 6.38. The van der Waals surface area contributed by atoms with Gasteiger partial charge in [0.05, 0.1) is 11.4 Å². The fourth-order valence-electron chi connectivity index (χ4n) is 2.43. The lowest BCUT2D eigenvalue weighted by molar-refractivity contribution is 0.493. The van der Waals surface area contributed by atoms with Crippen molar-refractivity contribution in [3.8, 4) is 0 Å². The van der Waals surface area contributed by atoms with Gasteiger partial charge < -0.3 is 0 Å². The lowest BCUT2D eigenvalue weighted by Crippen LogP contribution is -2.01. The highest BCUT2D eigenvalue weighted by atomic mass is 32.2. The van der Waals surface area contributed by atoms with E-state index in [1.165, 1.54) is 38.5 Å². The molecule has 1 nitrogen and oxygen atoms in total. The first kappa shape index (κ1) is 9.45. The van der Waals surface area contributed by atoms with Crippen LogP contribution in [-0.4, -0.2) is 10.6 Å². The van der Waals surface area contributed by atoms with Gasteiger partial charge in [0.1, 0.15) is 0 Å². The Bertz CT molecular complexity index is 222. The van der Waals surface area contributed by atoms with Crippen molar-refractivity contribution in [2.24, 2.45) is 5.92 Å². The Morgan fingerprint density at radius 2 is 2.23 bits per heavy atom. The van der Waals surface area contributed by atoms with Crippen molar-refractivity contribution in [3.63, 3.8) is 0 Å². The van der Waals surface area contributed by atoms with Crippen LogP contribution in [0.5, 0.6) is 0 Å². The van der Waals surface area contributed by atoms with Crippen LogP contribution in [0.15, 0.2) is 11.4 Å². The van der Waals surface area contributed by atoms with Crippen LogP contribution in [0.1, 0.15) is 45.4 Å². The van der Waals surface area contributed by atoms with Gasteiger partial charge in [-0.25, -0.2) is 0 Å². The summed E-state index contributed by atoms with van der Waals surface area (Å²) in [7, 11) is 0. The highest BCUT2D eigenvalue weighted by molar-refractivity contribution is 7.96. The SMILES string of the molecule is CCC1CCCCCC2=C1N2SC. The standard InChI is InChI=1S/C11H19NS/c1-3-9-7-5-4-6-8-10-11(9)12(10)13-2/h9H,3-8H2,1-2H3. The van der Waals surface area contributed by atoms with E-state index in [9.17, 15) is 0 Å². The number of hydrogen-bond acceptors (Lipinski definition) is 2. The van der Waals surface area contributed by atoms with Gasteiger partial charge in [0, 0.05) is 12.2 Å². The van der Waals surface area contributed by atoms with Gasteiger partial charge in [-0.1, -0.05) is 19.8 Å². The summed E-state index contributed by atoms with van der Waals surface area (Å²) < 4.78 is 2.47. The van der Waals surface area contributed by atoms with Gasteiger partial charge in [0.25, 0.3) is 0 Å². The second-order valence-corrected chi connectivity index (χ2v) is 4.74. The second kappa shape index (κ2) is 3.95. The molecule has 0 aromatic carbocycles. The molecule has 0 bridgehead atoms. The lowest BCUT2D eigenvalue weighted by Gasteiger charge is -2.12. The first-order valence-electron chi connectivity index (χ1n) is 5.45. The molecule has 0 amide bonds. The molecule has 0 fully saturated rings. The molecule has 0 spiro atoms. The van der Waals surface area contributed by atoms with Crippen LogP contribution in [0.4, 0.5) is 0 Å². The molecule has 0 aromatic heterocycles. The third kappa shape index (κ3) is 1.74. The molecule has 1 atom stereocenters. The van der Waals surface area contributed by atoms with E-state index in [2.05, 4.69) is 17.5 Å². The summed E-state index contributed by atoms with van der Waals surface area (Å²) in [6, 6.07) is 0. The predicted molar refractivity (Wildman–Crippen MR) is 59.2 cm³/mol. The van der Waals surface area contributed by atoms with Crippen LogP contribution >= 0.6 is 11.9 Å². The van der Waals surface area contributed by atoms with Gasteiger partial charge in [-0.15, -0.1) is 0 Å². The van der Waals surface area contributed by atoms with Gasteiger partial charge >= 0.3 is 0 Å². The molecule has 74 valence electrons. The normalized spacial score (nSPS) is 28.2. The van der Waals surface area contributed by atoms with E-state index < -0.39 is 0 Å². The predicted octanol–water partition coefficient (Wildman–Crippen LogP) is 3.78. The van der Waals surface area contributed by atoms with Crippen molar-refractivity contribution in [1.82, 2.24) is 4.31 Å². The molecule has 1 unspecified atom stereocenters. The quantitative estimate of drug-likeness (QED) is 0.620. The van der Waals surface area contributed by atoms with Crippen LogP contribution in [0.3, 0.4) is 0 Å². The van der Waals surface area contributed by atoms with E-state index in [0.29, 0.717) is 0 Å². The summed E-state index contributed by atoms with van der Waals surface area (Å²) in [6.07, 6.45) is 10.6. The zero-order valence-electron chi connectivity index (χ0n) is 8.68. The lowest BCUT2D eigenvalue weighted by atomic mass is 9.94. The van der Waals surface area contributed by atoms with Gasteiger partial charge in [-0.2, -0.15) is 0 Å². The molecule has 0 aromatic rings. The molecule has 0 saturated carbocycles. The third-order valence-electron chi connectivity index (χ3n) is 3.24. The maximum absolute atomic E-state index is 2.47. The Kier molecular flexibility index (Phi) is 2.87. The summed E-state index contributed by atoms with van der Waals surface area (Å²) in [4.78, 5) is 0. The van der Waals surface area contributed by atoms with Crippen molar-refractivity contribution < 1.29 is 0 Å². The first-order valence-corrected chi connectivity index (χ1v) is 6.64. The van der Waals surface area contributed by atoms with E-state index in [1.807, 2.05) is 11.9 Å². The van der Waals surface area contributed by atoms with E-state index in [0.717, 1.165) is 5.92 Å². The average molecular weight is 197 g/mol. The minimum Gasteiger partial charge on any atom is -0.289 e. The van der Waals surface area contributed by atoms with Crippen molar-refractivity contribution in [2.75, 3.05) is 6.26 Å². The van der Waals surface area contributed by atoms with Gasteiger partial charge in [-0.05, 0) is 37.6 Å². The number of hydrogen-bond donors (Lipinski definition) is 0. The number of rotatable bonds is 2. The minimum atomic E-state index is 0.878. The van der Waals surface area contributed by atoms with E-state index in [-0.39, 0.29) is 0 Å². The summed E-state index contributed by atoms with van der Waals surface area (Å²) >= 11 is 1.89. The topological polar surface area (TPSA) is 3.01 Å². The monoisotopic (exact) mass is 197 g/mol. The smallest absolute Gasteiger partial charge is 0.0531 e. The van der Waals surface area contributed by atoms with Gasteiger partial charge in [0.15, 0.2) is 0 Å². The maximum atomic E-state index is 2.47. The highest BCUT2D eigenvalue weighted by Gasteiger charge is 2.37. The molecular weight excluding hydrogens is 178 g/mol. The van der Waals surface area contributed by atoms with Gasteiger partial charge in [0.2, 0.25) is 0 Å². The average Bonchev–Trinajstić information content (AvgIpc) is 2.78. The Morgan fingerprint density at radius 1 is 1.38 bits per heavy atom. The van der Waals surface area contributed by atoms with Crippen LogP contribution in [0.2, 0.25) is 0 Å². The molecule has 2 rings (SSSR count). The molecule has 0 radical (unpaired) electrons. The van der Waals surface area contributed by atoms with Crippen LogP contribution in [-0.2, 0) is 0 Å². The van der Waals surface area contributed by atoms with E-state index in [1.54, 1.807) is 11.4 Å². The fraction of sp³-hybridized carbons (Fsp3) is 0.818. The number of nitrogens with zero attached hydrogens (tertiary/aromatic N) is 1. The molecule has 13 heavy (non-hydrogen) atoms. The molecule has 1 heterocycles. The van der Waals surface area contributed by atoms with Crippen molar-refractivity contribution in [2.45, 2.75) is 45.4 Å². The third-order valence-corrected chi connectivity index (χ3v) is 4.02. The fourth-order valence-corrected chi connectivity index (χ4v) is 3.25. The summed E-state index contributed by atoms with van der Waals surface area (Å²) in [5, 5.41) is 0. The minimum absolute atomic E-state index is 0.878. The maximum Gasteiger partial charge on any atom is 0.0531 e. The van der Waals surface area contributed by atoms with Gasteiger partial charge in [-0.3, -0.25) is 4.31 Å². The Labute approximate surface area is 85.7 Å². The van der Waals surface area contributed by atoms with E-state index in [4.69, 9.17) is 0 Å². The molecular formula is C11H19NS. The highest BCUT2D eigenvalue weighted by Crippen LogP contribution is 2.49. The molecule has 1 aliphatic heterocycles. The van der Waals surface area contributed by atoms with Crippen LogP contribution in [0.25, 0.3) is 0 Å². The zero-order chi connectivity index (χ0) is 9.26. The summed E-state index contributed by atoms with van der Waals surface area (Å²) in [5.74, 6) is 0.878. The molecule has 0 N–H and O–H groups in total. The molecule has 1 aliphatic carbocycles. The molecule has 2 aliphatic rings. The molecule has 2 heteroatoms. The second-order valence-electron chi connectivity index (χ2n) is 4.01.